The molecule has 0 saturated heterocycles. The van der Waals surface area contributed by atoms with Gasteiger partial charge in [0.25, 0.3) is 10.1 Å². The number of hydrogen-bond acceptors (Lipinski definition) is 8. The third-order valence-electron chi connectivity index (χ3n) is 9.55. The molecule has 0 radical (unpaired) electrons. The Morgan fingerprint density at radius 1 is 0.526 bits per heavy atom. The van der Waals surface area contributed by atoms with Gasteiger partial charge in [-0.3, -0.25) is 4.55 Å². The molecule has 4 aromatic carbocycles. The third kappa shape index (κ3) is 13.9. The van der Waals surface area contributed by atoms with E-state index in [9.17, 15) is 13.0 Å². The van der Waals surface area contributed by atoms with Crippen LogP contribution in [0.4, 0.5) is 0 Å². The summed E-state index contributed by atoms with van der Waals surface area (Å²) in [6.45, 7) is 28.7. The zero-order chi connectivity index (χ0) is 42.5. The van der Waals surface area contributed by atoms with E-state index in [1.165, 1.54) is 0 Å². The number of para-hydroxylation sites is 2. The Kier molecular flexibility index (Phi) is 14.9. The van der Waals surface area contributed by atoms with Crippen LogP contribution in [0.15, 0.2) is 94.7 Å². The highest BCUT2D eigenvalue weighted by Gasteiger charge is 2.34. The van der Waals surface area contributed by atoms with Gasteiger partial charge in [-0.05, 0) is 96.9 Å². The Balaban J connectivity index is 1.74. The average molecular weight is 837 g/mol. The van der Waals surface area contributed by atoms with Crippen LogP contribution in [-0.2, 0) is 31.8 Å². The zero-order valence-corrected chi connectivity index (χ0v) is 38.7. The molecule has 0 aliphatic rings. The summed E-state index contributed by atoms with van der Waals surface area (Å²) in [4.78, 5) is 2.23. The molecule has 0 bridgehead atoms. The largest absolute Gasteiger partial charge is 0.458 e. The van der Waals surface area contributed by atoms with Gasteiger partial charge in [0.05, 0.1) is 9.83 Å². The molecule has 0 aliphatic heterocycles. The molecule has 0 heterocycles. The van der Waals surface area contributed by atoms with Gasteiger partial charge in [0.1, 0.15) is 23.0 Å². The molecule has 4 rings (SSSR count). The zero-order valence-electron chi connectivity index (χ0n) is 36.2. The summed E-state index contributed by atoms with van der Waals surface area (Å²) < 4.78 is 57.7. The van der Waals surface area contributed by atoms with Gasteiger partial charge in [0.15, 0.2) is 0 Å². The molecule has 0 fully saturated rings. The van der Waals surface area contributed by atoms with Crippen molar-refractivity contribution in [1.82, 2.24) is 0 Å². The monoisotopic (exact) mass is 836 g/mol. The first-order valence-electron chi connectivity index (χ1n) is 19.6. The summed E-state index contributed by atoms with van der Waals surface area (Å²) in [5.41, 5.74) is 3.06. The van der Waals surface area contributed by atoms with Crippen LogP contribution in [0.25, 0.3) is 0 Å². The highest BCUT2D eigenvalue weighted by molar-refractivity contribution is 8.18. The molecule has 7 nitrogen and oxygen atoms in total. The molecular weight excluding hydrogens is 773 g/mol. The van der Waals surface area contributed by atoms with E-state index in [0.717, 1.165) is 49.3 Å². The van der Waals surface area contributed by atoms with Gasteiger partial charge in [-0.15, -0.1) is 23.5 Å². The summed E-state index contributed by atoms with van der Waals surface area (Å²) in [5, 5.41) is 0. The second-order valence-electron chi connectivity index (χ2n) is 18.8. The molecule has 4 aromatic rings. The minimum Gasteiger partial charge on any atom is -0.458 e. The van der Waals surface area contributed by atoms with E-state index in [2.05, 4.69) is 114 Å². The normalized spacial score (nSPS) is 13.0. The second-order valence-corrected chi connectivity index (χ2v) is 24.0. The van der Waals surface area contributed by atoms with E-state index >= 15 is 0 Å². The van der Waals surface area contributed by atoms with E-state index in [1.807, 2.05) is 72.4 Å². The number of thioether (sulfide) groups is 2. The molecule has 0 amide bonds. The van der Waals surface area contributed by atoms with Gasteiger partial charge in [-0.1, -0.05) is 113 Å². The summed E-state index contributed by atoms with van der Waals surface area (Å²) in [5.74, 6) is 2.77. The fraction of sp³-hybridized carbons (Fsp3) is 0.489. The number of rotatable bonds is 17. The summed E-state index contributed by atoms with van der Waals surface area (Å²) in [6, 6.07) is 28.3. The third-order valence-corrected chi connectivity index (χ3v) is 12.8. The number of ether oxygens (including phenoxy) is 4. The lowest BCUT2D eigenvalue weighted by Gasteiger charge is -2.34. The van der Waals surface area contributed by atoms with Crippen LogP contribution in [-0.4, -0.2) is 36.4 Å². The van der Waals surface area contributed by atoms with E-state index < -0.39 is 15.5 Å². The van der Waals surface area contributed by atoms with Crippen LogP contribution < -0.4 is 18.9 Å². The molecule has 57 heavy (non-hydrogen) atoms. The first-order chi connectivity index (χ1) is 26.3. The highest BCUT2D eigenvalue weighted by Crippen LogP contribution is 2.52. The first kappa shape index (κ1) is 46.4. The molecule has 1 N–H and O–H groups in total. The van der Waals surface area contributed by atoms with Crippen LogP contribution in [0.3, 0.4) is 0 Å². The van der Waals surface area contributed by atoms with Gasteiger partial charge in [0, 0.05) is 32.0 Å². The lowest BCUT2D eigenvalue weighted by Crippen LogP contribution is -2.24. The molecule has 10 heteroatoms. The lowest BCUT2D eigenvalue weighted by molar-refractivity contribution is 0.115. The lowest BCUT2D eigenvalue weighted by atomic mass is 9.76. The minimum atomic E-state index is -4.09. The molecule has 0 aromatic heterocycles. The Morgan fingerprint density at radius 2 is 0.877 bits per heavy atom. The van der Waals surface area contributed by atoms with E-state index in [-0.39, 0.29) is 39.7 Å². The van der Waals surface area contributed by atoms with Crippen molar-refractivity contribution < 1.29 is 31.9 Å². The van der Waals surface area contributed by atoms with Gasteiger partial charge in [-0.25, -0.2) is 0 Å². The SMILES string of the molecule is CC(C)(Sc1cc(C(C)(C)C)c(OCOc2ccccc2)c(C(C)(C)C)c1)Sc1cc(C(C)(C)C)c(OCOc2ccccc2)c(C(C)(C)CCCS(=O)(=O)O)c1. The van der Waals surface area contributed by atoms with Crippen molar-refractivity contribution in [3.63, 3.8) is 0 Å². The van der Waals surface area contributed by atoms with E-state index in [4.69, 9.17) is 18.9 Å². The van der Waals surface area contributed by atoms with Crippen molar-refractivity contribution in [2.24, 2.45) is 0 Å². The van der Waals surface area contributed by atoms with E-state index in [0.29, 0.717) is 18.6 Å². The van der Waals surface area contributed by atoms with Crippen LogP contribution >= 0.6 is 23.5 Å². The molecular formula is C47H64O7S3. The summed E-state index contributed by atoms with van der Waals surface area (Å²) in [7, 11) is -4.09. The smallest absolute Gasteiger partial charge is 0.264 e. The average Bonchev–Trinajstić information content (AvgIpc) is 3.07. The molecule has 0 saturated carbocycles. The minimum absolute atomic E-state index is 0.0132. The molecule has 0 spiro atoms. The second kappa shape index (κ2) is 18.3. The van der Waals surface area contributed by atoms with Crippen LogP contribution in [0.5, 0.6) is 23.0 Å². The van der Waals surface area contributed by atoms with Crippen molar-refractivity contribution >= 4 is 33.6 Å². The van der Waals surface area contributed by atoms with Crippen molar-refractivity contribution in [1.29, 1.82) is 0 Å². The molecule has 312 valence electrons. The summed E-state index contributed by atoms with van der Waals surface area (Å²) in [6.07, 6.45) is 0.828. The number of hydrogen-bond donors (Lipinski definition) is 1. The van der Waals surface area contributed by atoms with Crippen molar-refractivity contribution in [3.05, 3.63) is 107 Å². The highest BCUT2D eigenvalue weighted by atomic mass is 32.2. The van der Waals surface area contributed by atoms with Crippen LogP contribution in [0.1, 0.15) is 125 Å². The van der Waals surface area contributed by atoms with Crippen molar-refractivity contribution in [2.45, 2.75) is 138 Å². The van der Waals surface area contributed by atoms with Gasteiger partial charge in [-0.2, -0.15) is 8.42 Å². The van der Waals surface area contributed by atoms with Crippen molar-refractivity contribution in [3.8, 4) is 23.0 Å². The Morgan fingerprint density at radius 3 is 1.23 bits per heavy atom. The van der Waals surface area contributed by atoms with E-state index in [1.54, 1.807) is 11.8 Å². The van der Waals surface area contributed by atoms with Gasteiger partial charge < -0.3 is 18.9 Å². The Labute approximate surface area is 351 Å². The fourth-order valence-electron chi connectivity index (χ4n) is 6.57. The summed E-state index contributed by atoms with van der Waals surface area (Å²) >= 11 is 3.61. The van der Waals surface area contributed by atoms with Gasteiger partial charge >= 0.3 is 0 Å². The Bertz CT molecular complexity index is 2000. The predicted octanol–water partition coefficient (Wildman–Crippen LogP) is 13.0. The quantitative estimate of drug-likeness (QED) is 0.0634. The predicted molar refractivity (Wildman–Crippen MR) is 239 cm³/mol. The van der Waals surface area contributed by atoms with Crippen molar-refractivity contribution in [2.75, 3.05) is 19.3 Å². The maximum Gasteiger partial charge on any atom is 0.264 e. The van der Waals surface area contributed by atoms with Crippen LogP contribution in [0, 0.1) is 0 Å². The molecule has 0 aliphatic carbocycles. The fourth-order valence-corrected chi connectivity index (χ4v) is 9.67. The molecule has 0 atom stereocenters. The Hall–Kier alpha value is -3.31. The van der Waals surface area contributed by atoms with Crippen LogP contribution in [0.2, 0.25) is 0 Å². The molecule has 0 unspecified atom stereocenters. The number of benzene rings is 4. The maximum absolute atomic E-state index is 11.7. The maximum atomic E-state index is 11.7. The first-order valence-corrected chi connectivity index (χ1v) is 22.8. The standard InChI is InChI=1S/C47H64O7S3/c1-43(2,3)37-27-35(28-38(44(4,5)6)41(37)53-31-51-33-21-16-14-17-22-33)55-47(12,13)56-36-29-39(45(7,8)9)42(54-32-52-34-23-18-15-19-24-34)40(30-36)46(10,11)25-20-26-57(48,49)50/h14-19,21-24,27-30H,20,25-26,31-32H2,1-13H3,(H,48,49,50). The topological polar surface area (TPSA) is 91.3 Å². The van der Waals surface area contributed by atoms with Gasteiger partial charge in [0.2, 0.25) is 13.6 Å².